The van der Waals surface area contributed by atoms with Gasteiger partial charge in [-0.3, -0.25) is 4.79 Å². The number of furan rings is 1. The molecular weight excluding hydrogens is 398 g/mol. The smallest absolute Gasteiger partial charge is 0.348 e. The van der Waals surface area contributed by atoms with Crippen molar-refractivity contribution >= 4 is 39.0 Å². The van der Waals surface area contributed by atoms with Gasteiger partial charge in [-0.15, -0.1) is 11.3 Å². The van der Waals surface area contributed by atoms with Gasteiger partial charge in [0.25, 0.3) is 0 Å². The fourth-order valence-corrected chi connectivity index (χ4v) is 5.59. The maximum atomic E-state index is 13.6. The Morgan fingerprint density at radius 2 is 1.87 bits per heavy atom. The number of carbonyl (C=O) groups is 2. The fraction of sp³-hybridized carbons (Fsp3) is 0.417. The van der Waals surface area contributed by atoms with E-state index in [0.29, 0.717) is 17.4 Å². The predicted octanol–water partition coefficient (Wildman–Crippen LogP) is 6.43. The number of carbonyl (C=O) groups excluding carboxylic acids is 1. The van der Waals surface area contributed by atoms with Gasteiger partial charge >= 0.3 is 5.97 Å². The van der Waals surface area contributed by atoms with Gasteiger partial charge < -0.3 is 14.4 Å². The summed E-state index contributed by atoms with van der Waals surface area (Å²) in [6.07, 6.45) is 5.42. The van der Waals surface area contributed by atoms with E-state index in [-0.39, 0.29) is 22.7 Å². The van der Waals surface area contributed by atoms with E-state index in [1.54, 1.807) is 11.2 Å². The van der Waals surface area contributed by atoms with E-state index in [1.807, 2.05) is 44.2 Å². The highest BCUT2D eigenvalue weighted by atomic mass is 32.1. The van der Waals surface area contributed by atoms with Crippen LogP contribution in [-0.4, -0.2) is 23.0 Å². The molecule has 0 radical (unpaired) electrons. The summed E-state index contributed by atoms with van der Waals surface area (Å²) < 4.78 is 6.41. The normalized spacial score (nSPS) is 19.3. The summed E-state index contributed by atoms with van der Waals surface area (Å²) in [6.45, 7) is 6.13. The highest BCUT2D eigenvalue weighted by Gasteiger charge is 2.34. The van der Waals surface area contributed by atoms with Gasteiger partial charge in [0, 0.05) is 27.6 Å². The lowest BCUT2D eigenvalue weighted by atomic mass is 9.82. The number of hydrogen-bond acceptors (Lipinski definition) is 4. The Morgan fingerprint density at radius 3 is 2.47 bits per heavy atom. The van der Waals surface area contributed by atoms with Crippen molar-refractivity contribution in [1.82, 2.24) is 0 Å². The molecule has 0 aliphatic heterocycles. The molecule has 0 saturated heterocycles. The van der Waals surface area contributed by atoms with Crippen LogP contribution in [0.15, 0.2) is 41.0 Å². The first kappa shape index (κ1) is 20.7. The second-order valence-corrected chi connectivity index (χ2v) is 9.52. The number of nitrogens with zero attached hydrogens (tertiary/aromatic N) is 1. The number of carboxylic acids is 1. The summed E-state index contributed by atoms with van der Waals surface area (Å²) in [6, 6.07) is 9.27. The monoisotopic (exact) mass is 425 g/mol. The summed E-state index contributed by atoms with van der Waals surface area (Å²) >= 11 is 1.21. The highest BCUT2D eigenvalue weighted by Crippen LogP contribution is 2.45. The van der Waals surface area contributed by atoms with Crippen LogP contribution in [-0.2, 0) is 4.79 Å². The molecule has 2 heterocycles. The van der Waals surface area contributed by atoms with Crippen LogP contribution in [0.5, 0.6) is 0 Å². The minimum absolute atomic E-state index is 0.0440. The highest BCUT2D eigenvalue weighted by molar-refractivity contribution is 7.22. The van der Waals surface area contributed by atoms with E-state index in [1.165, 1.54) is 11.3 Å². The SMILES string of the molecule is CC1CCC(C(=O)N(c2c(C(=O)O)sc3c(-c4ccco4)cccc23)C(C)C)CC1. The Hall–Kier alpha value is -2.60. The summed E-state index contributed by atoms with van der Waals surface area (Å²) in [5.74, 6) is 0.325. The van der Waals surface area contributed by atoms with Crippen molar-refractivity contribution < 1.29 is 19.1 Å². The van der Waals surface area contributed by atoms with Crippen LogP contribution in [0.2, 0.25) is 0 Å². The average molecular weight is 426 g/mol. The van der Waals surface area contributed by atoms with Crippen LogP contribution in [0, 0.1) is 11.8 Å². The number of anilines is 1. The molecule has 3 aromatic rings. The van der Waals surface area contributed by atoms with Gasteiger partial charge in [-0.05, 0) is 63.6 Å². The molecule has 4 rings (SSSR count). The molecule has 158 valence electrons. The molecular formula is C24H27NO4S. The van der Waals surface area contributed by atoms with Crippen LogP contribution in [0.1, 0.15) is 56.1 Å². The minimum atomic E-state index is -1.01. The number of aromatic carboxylic acids is 1. The largest absolute Gasteiger partial charge is 0.477 e. The molecule has 5 nitrogen and oxygen atoms in total. The first-order valence-corrected chi connectivity index (χ1v) is 11.4. The number of benzene rings is 1. The molecule has 30 heavy (non-hydrogen) atoms. The van der Waals surface area contributed by atoms with Crippen LogP contribution >= 0.6 is 11.3 Å². The number of hydrogen-bond donors (Lipinski definition) is 1. The summed E-state index contributed by atoms with van der Waals surface area (Å²) in [5.41, 5.74) is 1.37. The first-order chi connectivity index (χ1) is 14.4. The molecule has 1 aliphatic rings. The Labute approximate surface area is 180 Å². The quantitative estimate of drug-likeness (QED) is 0.511. The van der Waals surface area contributed by atoms with Crippen molar-refractivity contribution in [2.24, 2.45) is 11.8 Å². The fourth-order valence-electron chi connectivity index (χ4n) is 4.44. The Bertz CT molecular complexity index is 1060. The molecule has 2 aromatic heterocycles. The van der Waals surface area contributed by atoms with E-state index < -0.39 is 5.97 Å². The van der Waals surface area contributed by atoms with Gasteiger partial charge in [-0.25, -0.2) is 4.79 Å². The Balaban J connectivity index is 1.86. The van der Waals surface area contributed by atoms with Crippen LogP contribution in [0.3, 0.4) is 0 Å². The molecule has 0 bridgehead atoms. The van der Waals surface area contributed by atoms with Crippen molar-refractivity contribution in [2.45, 2.75) is 52.5 Å². The van der Waals surface area contributed by atoms with E-state index in [0.717, 1.165) is 41.3 Å². The van der Waals surface area contributed by atoms with Gasteiger partial charge in [-0.2, -0.15) is 0 Å². The third-order valence-electron chi connectivity index (χ3n) is 6.03. The third kappa shape index (κ3) is 3.65. The van der Waals surface area contributed by atoms with Crippen molar-refractivity contribution in [3.63, 3.8) is 0 Å². The molecule has 0 unspecified atom stereocenters. The number of rotatable bonds is 5. The van der Waals surface area contributed by atoms with E-state index in [2.05, 4.69) is 6.92 Å². The molecule has 0 spiro atoms. The Kier molecular flexibility index (Phi) is 5.69. The maximum absolute atomic E-state index is 13.6. The zero-order valence-electron chi connectivity index (χ0n) is 17.6. The molecule has 1 aliphatic carbocycles. The molecule has 1 aromatic carbocycles. The zero-order valence-corrected chi connectivity index (χ0v) is 18.4. The average Bonchev–Trinajstić information content (AvgIpc) is 3.37. The lowest BCUT2D eigenvalue weighted by Gasteiger charge is -2.33. The predicted molar refractivity (Wildman–Crippen MR) is 120 cm³/mol. The van der Waals surface area contributed by atoms with Crippen molar-refractivity contribution in [3.05, 3.63) is 41.5 Å². The second kappa shape index (κ2) is 8.26. The number of fused-ring (bicyclic) bond motifs is 1. The molecule has 1 amide bonds. The van der Waals surface area contributed by atoms with Crippen LogP contribution in [0.25, 0.3) is 21.4 Å². The first-order valence-electron chi connectivity index (χ1n) is 10.5. The van der Waals surface area contributed by atoms with Gasteiger partial charge in [-0.1, -0.05) is 19.1 Å². The van der Waals surface area contributed by atoms with Crippen molar-refractivity contribution in [1.29, 1.82) is 0 Å². The number of amides is 1. The van der Waals surface area contributed by atoms with Gasteiger partial charge in [0.1, 0.15) is 10.6 Å². The molecule has 0 atom stereocenters. The second-order valence-electron chi connectivity index (χ2n) is 8.50. The van der Waals surface area contributed by atoms with E-state index in [9.17, 15) is 14.7 Å². The number of carboxylic acid groups (broad SMARTS) is 1. The minimum Gasteiger partial charge on any atom is -0.477 e. The molecule has 1 fully saturated rings. The lowest BCUT2D eigenvalue weighted by molar-refractivity contribution is -0.123. The Morgan fingerprint density at radius 1 is 1.13 bits per heavy atom. The summed E-state index contributed by atoms with van der Waals surface area (Å²) in [7, 11) is 0. The maximum Gasteiger partial charge on any atom is 0.348 e. The zero-order chi connectivity index (χ0) is 21.4. The molecule has 6 heteroatoms. The van der Waals surface area contributed by atoms with E-state index in [4.69, 9.17) is 4.42 Å². The van der Waals surface area contributed by atoms with Gasteiger partial charge in [0.2, 0.25) is 5.91 Å². The molecule has 1 N–H and O–H groups in total. The summed E-state index contributed by atoms with van der Waals surface area (Å²) in [5, 5.41) is 10.8. The van der Waals surface area contributed by atoms with Crippen LogP contribution < -0.4 is 4.90 Å². The number of thiophene rings is 1. The van der Waals surface area contributed by atoms with Crippen LogP contribution in [0.4, 0.5) is 5.69 Å². The lowest BCUT2D eigenvalue weighted by Crippen LogP contribution is -2.42. The molecule has 1 saturated carbocycles. The van der Waals surface area contributed by atoms with Crippen molar-refractivity contribution in [3.8, 4) is 11.3 Å². The topological polar surface area (TPSA) is 70.8 Å². The summed E-state index contributed by atoms with van der Waals surface area (Å²) in [4.78, 5) is 27.7. The van der Waals surface area contributed by atoms with Gasteiger partial charge in [0.15, 0.2) is 0 Å². The van der Waals surface area contributed by atoms with Crippen molar-refractivity contribution in [2.75, 3.05) is 4.90 Å². The van der Waals surface area contributed by atoms with Gasteiger partial charge in [0.05, 0.1) is 12.0 Å². The third-order valence-corrected chi connectivity index (χ3v) is 7.25. The van der Waals surface area contributed by atoms with E-state index >= 15 is 0 Å². The standard InChI is InChI=1S/C24H27NO4S/c1-14(2)25(23(26)16-11-9-15(3)10-12-16)20-18-7-4-6-17(19-8-5-13-29-19)21(18)30-22(20)24(27)28/h4-8,13-16H,9-12H2,1-3H3,(H,27,28).